The van der Waals surface area contributed by atoms with Crippen LogP contribution in [-0.4, -0.2) is 32.3 Å². The summed E-state index contributed by atoms with van der Waals surface area (Å²) < 4.78 is 11.6. The maximum Gasteiger partial charge on any atom is 0.148 e. The first-order valence-corrected chi connectivity index (χ1v) is 8.63. The summed E-state index contributed by atoms with van der Waals surface area (Å²) in [5.74, 6) is 0.868. The fourth-order valence-electron chi connectivity index (χ4n) is 2.74. The van der Waals surface area contributed by atoms with Gasteiger partial charge in [0.25, 0.3) is 0 Å². The quantitative estimate of drug-likeness (QED) is 0.763. The Morgan fingerprint density at radius 2 is 2.00 bits per heavy atom. The molecule has 0 N–H and O–H groups in total. The zero-order valence-corrected chi connectivity index (χ0v) is 14.6. The molecule has 0 saturated carbocycles. The van der Waals surface area contributed by atoms with Gasteiger partial charge in [0, 0.05) is 31.7 Å². The predicted molar refractivity (Wildman–Crippen MR) is 93.2 cm³/mol. The van der Waals surface area contributed by atoms with Crippen molar-refractivity contribution in [1.82, 2.24) is 4.90 Å². The Hall–Kier alpha value is -1.85. The third-order valence-corrected chi connectivity index (χ3v) is 5.05. The first-order valence-electron chi connectivity index (χ1n) is 7.75. The molecule has 1 aliphatic rings. The number of thiophene rings is 1. The molecule has 4 nitrogen and oxygen atoms in total. The zero-order chi connectivity index (χ0) is 16.2. The van der Waals surface area contributed by atoms with E-state index in [-0.39, 0.29) is 6.17 Å². The average molecular weight is 330 g/mol. The summed E-state index contributed by atoms with van der Waals surface area (Å²) in [4.78, 5) is 7.29. The summed E-state index contributed by atoms with van der Waals surface area (Å²) in [6.07, 6.45) is 3.25. The number of methoxy groups -OCH3 is 2. The van der Waals surface area contributed by atoms with Gasteiger partial charge in [-0.25, -0.2) is 4.99 Å². The number of rotatable bonds is 6. The lowest BCUT2D eigenvalue weighted by Crippen LogP contribution is -2.37. The van der Waals surface area contributed by atoms with E-state index in [9.17, 15) is 0 Å². The van der Waals surface area contributed by atoms with Gasteiger partial charge < -0.3 is 14.4 Å². The molecule has 0 spiro atoms. The van der Waals surface area contributed by atoms with Crippen molar-refractivity contribution >= 4 is 17.5 Å². The van der Waals surface area contributed by atoms with Crippen molar-refractivity contribution in [3.05, 3.63) is 50.7 Å². The van der Waals surface area contributed by atoms with Crippen molar-refractivity contribution < 1.29 is 9.47 Å². The second-order valence-electron chi connectivity index (χ2n) is 5.63. The van der Waals surface area contributed by atoms with Gasteiger partial charge in [-0.2, -0.15) is 0 Å². The first kappa shape index (κ1) is 16.0. The summed E-state index contributed by atoms with van der Waals surface area (Å²) in [5.41, 5.74) is 2.47. The monoisotopic (exact) mass is 330 g/mol. The number of fused-ring (bicyclic) bond motifs is 1. The maximum atomic E-state index is 5.26. The highest BCUT2D eigenvalue weighted by Gasteiger charge is 2.20. The van der Waals surface area contributed by atoms with Gasteiger partial charge in [0.2, 0.25) is 0 Å². The largest absolute Gasteiger partial charge is 0.497 e. The molecule has 0 saturated heterocycles. The molecule has 1 aliphatic heterocycles. The number of hydrogen-bond donors (Lipinski definition) is 0. The number of ether oxygens (including phenoxy) is 2. The molecule has 0 aliphatic carbocycles. The molecule has 1 unspecified atom stereocenters. The van der Waals surface area contributed by atoms with E-state index in [0.29, 0.717) is 0 Å². The molecule has 0 amide bonds. The SMILES string of the molecule is COCCCN1C=c2c(C)csc2=NC1c1ccc(OC)cc1. The van der Waals surface area contributed by atoms with E-state index in [2.05, 4.69) is 35.5 Å². The Morgan fingerprint density at radius 3 is 2.70 bits per heavy atom. The second-order valence-corrected chi connectivity index (χ2v) is 6.48. The number of aryl methyl sites for hydroxylation is 1. The lowest BCUT2D eigenvalue weighted by atomic mass is 10.1. The van der Waals surface area contributed by atoms with E-state index >= 15 is 0 Å². The van der Waals surface area contributed by atoms with Crippen LogP contribution in [0, 0.1) is 6.92 Å². The highest BCUT2D eigenvalue weighted by Crippen LogP contribution is 2.26. The topological polar surface area (TPSA) is 34.1 Å². The average Bonchev–Trinajstić information content (AvgIpc) is 2.95. The minimum atomic E-state index is 0.0170. The van der Waals surface area contributed by atoms with Crippen molar-refractivity contribution in [1.29, 1.82) is 0 Å². The van der Waals surface area contributed by atoms with Gasteiger partial charge >= 0.3 is 0 Å². The minimum Gasteiger partial charge on any atom is -0.497 e. The molecule has 2 heterocycles. The molecule has 23 heavy (non-hydrogen) atoms. The van der Waals surface area contributed by atoms with E-state index in [4.69, 9.17) is 14.5 Å². The summed E-state index contributed by atoms with van der Waals surface area (Å²) >= 11 is 1.71. The molecule has 3 rings (SSSR count). The van der Waals surface area contributed by atoms with Crippen LogP contribution in [0.15, 0.2) is 34.6 Å². The van der Waals surface area contributed by atoms with Gasteiger partial charge in [-0.15, -0.1) is 11.3 Å². The summed E-state index contributed by atoms with van der Waals surface area (Å²) in [7, 11) is 3.43. The summed E-state index contributed by atoms with van der Waals surface area (Å²) in [5, 5.41) is 3.42. The number of nitrogens with zero attached hydrogens (tertiary/aromatic N) is 2. The van der Waals surface area contributed by atoms with Gasteiger partial charge in [0.15, 0.2) is 0 Å². The fourth-order valence-corrected chi connectivity index (χ4v) is 3.66. The van der Waals surface area contributed by atoms with Crippen LogP contribution in [0.4, 0.5) is 0 Å². The Labute approximate surface area is 140 Å². The van der Waals surface area contributed by atoms with Crippen molar-refractivity contribution in [2.75, 3.05) is 27.4 Å². The molecule has 1 aromatic heterocycles. The fraction of sp³-hybridized carbons (Fsp3) is 0.389. The maximum absolute atomic E-state index is 5.26. The van der Waals surface area contributed by atoms with Crippen LogP contribution in [0.1, 0.15) is 23.7 Å². The highest BCUT2D eigenvalue weighted by molar-refractivity contribution is 7.07. The molecule has 1 aromatic carbocycles. The van der Waals surface area contributed by atoms with E-state index in [1.165, 1.54) is 16.3 Å². The van der Waals surface area contributed by atoms with Crippen LogP contribution in [0.2, 0.25) is 0 Å². The van der Waals surface area contributed by atoms with Crippen LogP contribution in [0.5, 0.6) is 5.75 Å². The van der Waals surface area contributed by atoms with Gasteiger partial charge in [0.05, 0.1) is 7.11 Å². The standard InChI is InChI=1S/C18H22N2O2S/c1-13-12-23-18-16(13)11-20(9-4-10-21-2)17(19-18)14-5-7-15(22-3)8-6-14/h5-8,11-12,17H,4,9-10H2,1-3H3. The molecule has 2 aromatic rings. The Morgan fingerprint density at radius 1 is 1.22 bits per heavy atom. The van der Waals surface area contributed by atoms with Crippen molar-refractivity contribution in [3.8, 4) is 5.75 Å². The Balaban J connectivity index is 1.95. The summed E-state index contributed by atoms with van der Waals surface area (Å²) in [6.45, 7) is 3.82. The molecular weight excluding hydrogens is 308 g/mol. The van der Waals surface area contributed by atoms with Gasteiger partial charge in [-0.05, 0) is 42.0 Å². The second kappa shape index (κ2) is 7.15. The van der Waals surface area contributed by atoms with Gasteiger partial charge in [-0.1, -0.05) is 12.1 Å². The highest BCUT2D eigenvalue weighted by atomic mass is 32.1. The van der Waals surface area contributed by atoms with E-state index in [0.717, 1.165) is 30.0 Å². The molecule has 122 valence electrons. The third-order valence-electron chi connectivity index (χ3n) is 4.03. The van der Waals surface area contributed by atoms with Crippen LogP contribution < -0.4 is 14.6 Å². The van der Waals surface area contributed by atoms with E-state index in [1.807, 2.05) is 12.1 Å². The van der Waals surface area contributed by atoms with Gasteiger partial charge in [0.1, 0.15) is 16.6 Å². The molecular formula is C18H22N2O2S. The van der Waals surface area contributed by atoms with E-state index in [1.54, 1.807) is 25.6 Å². The van der Waals surface area contributed by atoms with Crippen LogP contribution >= 0.6 is 11.3 Å². The third kappa shape index (κ3) is 3.41. The Kier molecular flexibility index (Phi) is 4.98. The lowest BCUT2D eigenvalue weighted by molar-refractivity contribution is 0.178. The number of hydrogen-bond acceptors (Lipinski definition) is 5. The minimum absolute atomic E-state index is 0.0170. The summed E-state index contributed by atoms with van der Waals surface area (Å²) in [6, 6.07) is 8.17. The number of benzene rings is 1. The van der Waals surface area contributed by atoms with Crippen LogP contribution in [-0.2, 0) is 4.74 Å². The molecule has 5 heteroatoms. The molecule has 0 radical (unpaired) electrons. The van der Waals surface area contributed by atoms with Crippen molar-refractivity contribution in [3.63, 3.8) is 0 Å². The molecule has 1 atom stereocenters. The Bertz CT molecular complexity index is 767. The van der Waals surface area contributed by atoms with Crippen LogP contribution in [0.3, 0.4) is 0 Å². The predicted octanol–water partition coefficient (Wildman–Crippen LogP) is 2.47. The normalized spacial score (nSPS) is 16.5. The van der Waals surface area contributed by atoms with Crippen LogP contribution in [0.25, 0.3) is 6.20 Å². The zero-order valence-electron chi connectivity index (χ0n) is 13.8. The van der Waals surface area contributed by atoms with Crippen molar-refractivity contribution in [2.24, 2.45) is 4.99 Å². The molecule has 0 bridgehead atoms. The van der Waals surface area contributed by atoms with Crippen molar-refractivity contribution in [2.45, 2.75) is 19.5 Å². The molecule has 0 fully saturated rings. The lowest BCUT2D eigenvalue weighted by Gasteiger charge is -2.30. The smallest absolute Gasteiger partial charge is 0.148 e. The first-order chi connectivity index (χ1) is 11.2. The van der Waals surface area contributed by atoms with E-state index < -0.39 is 0 Å². The van der Waals surface area contributed by atoms with Gasteiger partial charge in [-0.3, -0.25) is 0 Å².